The number of likely N-dealkylation sites (tertiary alicyclic amines) is 1. The highest BCUT2D eigenvalue weighted by Gasteiger charge is 2.31. The van der Waals surface area contributed by atoms with E-state index < -0.39 is 17.5 Å². The third-order valence-electron chi connectivity index (χ3n) is 3.46. The van der Waals surface area contributed by atoms with Crippen molar-refractivity contribution in [1.82, 2.24) is 4.90 Å². The Balaban J connectivity index is 2.24. The monoisotopic (exact) mass is 239 g/mol. The van der Waals surface area contributed by atoms with Gasteiger partial charge in [-0.1, -0.05) is 19.9 Å². The molecular formula is C13H15F2NO. The number of hydrogen-bond acceptors (Lipinski definition) is 1. The van der Waals surface area contributed by atoms with Crippen LogP contribution in [-0.2, 0) is 0 Å². The molecule has 1 fully saturated rings. The minimum atomic E-state index is -1.05. The van der Waals surface area contributed by atoms with Gasteiger partial charge in [-0.05, 0) is 24.0 Å². The highest BCUT2D eigenvalue weighted by molar-refractivity contribution is 5.94. The molecule has 1 aliphatic rings. The average Bonchev–Trinajstić information content (AvgIpc) is 2.62. The molecule has 2 nitrogen and oxygen atoms in total. The van der Waals surface area contributed by atoms with Gasteiger partial charge in [0.1, 0.15) is 0 Å². The Morgan fingerprint density at radius 1 is 1.24 bits per heavy atom. The predicted octanol–water partition coefficient (Wildman–Crippen LogP) is 2.69. The fourth-order valence-electron chi connectivity index (χ4n) is 2.13. The lowest BCUT2D eigenvalue weighted by Crippen LogP contribution is -2.29. The molecule has 1 aromatic rings. The lowest BCUT2D eigenvalue weighted by molar-refractivity contribution is 0.0779. The van der Waals surface area contributed by atoms with Crippen molar-refractivity contribution in [3.8, 4) is 0 Å². The lowest BCUT2D eigenvalue weighted by Gasteiger charge is -2.16. The fourth-order valence-corrected chi connectivity index (χ4v) is 2.13. The van der Waals surface area contributed by atoms with Crippen LogP contribution in [0.5, 0.6) is 0 Å². The van der Waals surface area contributed by atoms with Crippen LogP contribution < -0.4 is 0 Å². The third-order valence-corrected chi connectivity index (χ3v) is 3.46. The van der Waals surface area contributed by atoms with Crippen LogP contribution in [0.2, 0.25) is 0 Å². The third kappa shape index (κ3) is 2.16. The average molecular weight is 239 g/mol. The summed E-state index contributed by atoms with van der Waals surface area (Å²) < 4.78 is 26.5. The highest BCUT2D eigenvalue weighted by Crippen LogP contribution is 2.24. The Hall–Kier alpha value is -1.45. The Morgan fingerprint density at radius 2 is 1.82 bits per heavy atom. The van der Waals surface area contributed by atoms with Crippen LogP contribution in [0, 0.1) is 23.5 Å². The summed E-state index contributed by atoms with van der Waals surface area (Å²) in [5.41, 5.74) is -0.175. The molecule has 17 heavy (non-hydrogen) atoms. The van der Waals surface area contributed by atoms with E-state index in [0.29, 0.717) is 24.9 Å². The molecule has 1 aliphatic heterocycles. The summed E-state index contributed by atoms with van der Waals surface area (Å²) in [6.45, 7) is 5.33. The molecule has 0 saturated carbocycles. The SMILES string of the molecule is CC1CN(C(=O)c2cccc(F)c2F)CC1C. The first-order chi connectivity index (χ1) is 8.00. The van der Waals surface area contributed by atoms with Crippen molar-refractivity contribution >= 4 is 5.91 Å². The number of amides is 1. The number of benzene rings is 1. The van der Waals surface area contributed by atoms with Crippen molar-refractivity contribution in [2.75, 3.05) is 13.1 Å². The molecule has 1 heterocycles. The molecule has 2 atom stereocenters. The van der Waals surface area contributed by atoms with Crippen LogP contribution in [0.3, 0.4) is 0 Å². The van der Waals surface area contributed by atoms with Gasteiger partial charge in [0.05, 0.1) is 5.56 Å². The molecule has 2 unspecified atom stereocenters. The Kier molecular flexibility index (Phi) is 3.13. The van der Waals surface area contributed by atoms with E-state index in [0.717, 1.165) is 6.07 Å². The minimum Gasteiger partial charge on any atom is -0.338 e. The molecule has 2 rings (SSSR count). The van der Waals surface area contributed by atoms with E-state index in [-0.39, 0.29) is 5.56 Å². The maximum Gasteiger partial charge on any atom is 0.256 e. The van der Waals surface area contributed by atoms with E-state index in [1.54, 1.807) is 4.90 Å². The van der Waals surface area contributed by atoms with Gasteiger partial charge in [0.2, 0.25) is 0 Å². The van der Waals surface area contributed by atoms with Crippen molar-refractivity contribution in [1.29, 1.82) is 0 Å². The first-order valence-electron chi connectivity index (χ1n) is 5.74. The Morgan fingerprint density at radius 3 is 2.41 bits per heavy atom. The summed E-state index contributed by atoms with van der Waals surface area (Å²) in [7, 11) is 0. The van der Waals surface area contributed by atoms with E-state index >= 15 is 0 Å². The fraction of sp³-hybridized carbons (Fsp3) is 0.462. The highest BCUT2D eigenvalue weighted by atomic mass is 19.2. The maximum absolute atomic E-state index is 13.5. The summed E-state index contributed by atoms with van der Waals surface area (Å²) in [6.07, 6.45) is 0. The summed E-state index contributed by atoms with van der Waals surface area (Å²) in [4.78, 5) is 13.6. The van der Waals surface area contributed by atoms with Gasteiger partial charge in [-0.15, -0.1) is 0 Å². The van der Waals surface area contributed by atoms with Crippen molar-refractivity contribution in [3.63, 3.8) is 0 Å². The van der Waals surface area contributed by atoms with Crippen LogP contribution in [0.15, 0.2) is 18.2 Å². The van der Waals surface area contributed by atoms with Gasteiger partial charge >= 0.3 is 0 Å². The van der Waals surface area contributed by atoms with Crippen molar-refractivity contribution < 1.29 is 13.6 Å². The molecule has 0 aliphatic carbocycles. The number of halogens is 2. The van der Waals surface area contributed by atoms with Crippen LogP contribution >= 0.6 is 0 Å². The summed E-state index contributed by atoms with van der Waals surface area (Å²) in [6, 6.07) is 3.70. The number of hydrogen-bond donors (Lipinski definition) is 0. The molecule has 1 saturated heterocycles. The van der Waals surface area contributed by atoms with Gasteiger partial charge in [-0.25, -0.2) is 8.78 Å². The number of nitrogens with zero attached hydrogens (tertiary/aromatic N) is 1. The van der Waals surface area contributed by atoms with Crippen LogP contribution in [0.1, 0.15) is 24.2 Å². The number of carbonyl (C=O) groups excluding carboxylic acids is 1. The van der Waals surface area contributed by atoms with E-state index in [1.165, 1.54) is 12.1 Å². The van der Waals surface area contributed by atoms with Gasteiger partial charge in [-0.3, -0.25) is 4.79 Å². The molecule has 0 N–H and O–H groups in total. The molecule has 92 valence electrons. The summed E-state index contributed by atoms with van der Waals surface area (Å²) in [5.74, 6) is -1.65. The van der Waals surface area contributed by atoms with E-state index in [2.05, 4.69) is 13.8 Å². The summed E-state index contributed by atoms with van der Waals surface area (Å²) in [5, 5.41) is 0. The molecule has 0 spiro atoms. The van der Waals surface area contributed by atoms with Crippen molar-refractivity contribution in [2.24, 2.45) is 11.8 Å². The molecule has 0 radical (unpaired) electrons. The first-order valence-corrected chi connectivity index (χ1v) is 5.74. The number of carbonyl (C=O) groups is 1. The van der Waals surface area contributed by atoms with Crippen molar-refractivity contribution in [3.05, 3.63) is 35.4 Å². The van der Waals surface area contributed by atoms with Crippen molar-refractivity contribution in [2.45, 2.75) is 13.8 Å². The van der Waals surface area contributed by atoms with Crippen LogP contribution in [0.4, 0.5) is 8.78 Å². The second-order valence-electron chi connectivity index (χ2n) is 4.77. The Bertz CT molecular complexity index is 437. The van der Waals surface area contributed by atoms with Gasteiger partial charge in [0.15, 0.2) is 11.6 Å². The normalized spacial score (nSPS) is 24.1. The quantitative estimate of drug-likeness (QED) is 0.737. The van der Waals surface area contributed by atoms with Gasteiger partial charge in [0.25, 0.3) is 5.91 Å². The topological polar surface area (TPSA) is 20.3 Å². The Labute approximate surface area is 99.2 Å². The summed E-state index contributed by atoms with van der Waals surface area (Å²) >= 11 is 0. The molecular weight excluding hydrogens is 224 g/mol. The maximum atomic E-state index is 13.5. The van der Waals surface area contributed by atoms with Gasteiger partial charge in [-0.2, -0.15) is 0 Å². The molecule has 0 bridgehead atoms. The predicted molar refractivity (Wildman–Crippen MR) is 60.6 cm³/mol. The van der Waals surface area contributed by atoms with Gasteiger partial charge < -0.3 is 4.90 Å². The van der Waals surface area contributed by atoms with Gasteiger partial charge in [0, 0.05) is 13.1 Å². The lowest BCUT2D eigenvalue weighted by atomic mass is 10.0. The van der Waals surface area contributed by atoms with E-state index in [4.69, 9.17) is 0 Å². The largest absolute Gasteiger partial charge is 0.338 e. The van der Waals surface area contributed by atoms with Crippen LogP contribution in [0.25, 0.3) is 0 Å². The number of rotatable bonds is 1. The zero-order valence-corrected chi connectivity index (χ0v) is 9.91. The smallest absolute Gasteiger partial charge is 0.256 e. The van der Waals surface area contributed by atoms with E-state index in [9.17, 15) is 13.6 Å². The molecule has 0 aromatic heterocycles. The zero-order valence-electron chi connectivity index (χ0n) is 9.91. The zero-order chi connectivity index (χ0) is 12.6. The van der Waals surface area contributed by atoms with E-state index in [1.807, 2.05) is 0 Å². The second kappa shape index (κ2) is 4.43. The first kappa shape index (κ1) is 12.0. The standard InChI is InChI=1S/C13H15F2NO/c1-8-6-16(7-9(8)2)13(17)10-4-3-5-11(14)12(10)15/h3-5,8-9H,6-7H2,1-2H3. The van der Waals surface area contributed by atoms with Crippen LogP contribution in [-0.4, -0.2) is 23.9 Å². The minimum absolute atomic E-state index is 0.175. The molecule has 1 amide bonds. The second-order valence-corrected chi connectivity index (χ2v) is 4.77. The molecule has 4 heteroatoms. The molecule has 1 aromatic carbocycles.